The molecule has 1 unspecified atom stereocenters. The van der Waals surface area contributed by atoms with E-state index >= 15 is 0 Å². The number of nitrogens with one attached hydrogen (secondary N) is 1. The average molecular weight is 259 g/mol. The maximum atomic E-state index is 4.27. The fourth-order valence-electron chi connectivity index (χ4n) is 1.32. The Kier molecular flexibility index (Phi) is 3.11. The number of rotatable bonds is 2. The van der Waals surface area contributed by atoms with Gasteiger partial charge in [-0.25, -0.2) is 4.98 Å². The van der Waals surface area contributed by atoms with Gasteiger partial charge in [0.05, 0.1) is 0 Å². The zero-order valence-electron chi connectivity index (χ0n) is 7.16. The van der Waals surface area contributed by atoms with Gasteiger partial charge in [-0.05, 0) is 40.2 Å². The van der Waals surface area contributed by atoms with Crippen molar-refractivity contribution in [2.24, 2.45) is 0 Å². The predicted molar refractivity (Wildman–Crippen MR) is 61.3 cm³/mol. The summed E-state index contributed by atoms with van der Waals surface area (Å²) >= 11 is 5.37. The molecule has 0 aromatic carbocycles. The first kappa shape index (κ1) is 9.34. The van der Waals surface area contributed by atoms with Crippen molar-refractivity contribution in [3.8, 4) is 0 Å². The molecular formula is C9H11BrN2S. The van der Waals surface area contributed by atoms with Gasteiger partial charge in [-0.3, -0.25) is 0 Å². The van der Waals surface area contributed by atoms with Gasteiger partial charge in [0.2, 0.25) is 0 Å². The van der Waals surface area contributed by atoms with Crippen LogP contribution in [-0.4, -0.2) is 22.5 Å². The van der Waals surface area contributed by atoms with Crippen LogP contribution in [0.5, 0.6) is 0 Å². The van der Waals surface area contributed by atoms with Crippen LogP contribution < -0.4 is 5.32 Å². The number of nitrogens with zero attached hydrogens (tertiary/aromatic N) is 1. The molecule has 0 aliphatic carbocycles. The van der Waals surface area contributed by atoms with Crippen molar-refractivity contribution in [3.05, 3.63) is 22.8 Å². The molecule has 0 saturated carbocycles. The SMILES string of the molecule is Brc1ccc(NC2CCSC2)nc1. The zero-order valence-corrected chi connectivity index (χ0v) is 9.57. The Morgan fingerprint density at radius 3 is 3.08 bits per heavy atom. The predicted octanol–water partition coefficient (Wildman–Crippen LogP) is 2.76. The summed E-state index contributed by atoms with van der Waals surface area (Å²) in [6.45, 7) is 0. The first-order valence-corrected chi connectivity index (χ1v) is 6.25. The van der Waals surface area contributed by atoms with Gasteiger partial charge in [-0.1, -0.05) is 0 Å². The maximum Gasteiger partial charge on any atom is 0.126 e. The number of anilines is 1. The van der Waals surface area contributed by atoms with Gasteiger partial charge >= 0.3 is 0 Å². The Hall–Kier alpha value is -0.220. The summed E-state index contributed by atoms with van der Waals surface area (Å²) in [5.41, 5.74) is 0. The van der Waals surface area contributed by atoms with Gasteiger partial charge < -0.3 is 5.32 Å². The molecule has 0 bridgehead atoms. The van der Waals surface area contributed by atoms with Gasteiger partial charge in [-0.15, -0.1) is 0 Å². The third-order valence-electron chi connectivity index (χ3n) is 2.01. The van der Waals surface area contributed by atoms with E-state index in [0.717, 1.165) is 10.3 Å². The van der Waals surface area contributed by atoms with Gasteiger partial charge in [0.1, 0.15) is 5.82 Å². The average Bonchev–Trinajstić information content (AvgIpc) is 2.62. The van der Waals surface area contributed by atoms with Crippen LogP contribution in [0.4, 0.5) is 5.82 Å². The van der Waals surface area contributed by atoms with Crippen molar-refractivity contribution in [3.63, 3.8) is 0 Å². The molecule has 1 aliphatic heterocycles. The van der Waals surface area contributed by atoms with Crippen molar-refractivity contribution >= 4 is 33.5 Å². The summed E-state index contributed by atoms with van der Waals surface area (Å²) in [5, 5.41) is 3.42. The Morgan fingerprint density at radius 1 is 1.54 bits per heavy atom. The molecule has 0 amide bonds. The highest BCUT2D eigenvalue weighted by Crippen LogP contribution is 2.20. The maximum absolute atomic E-state index is 4.27. The first-order chi connectivity index (χ1) is 6.34. The molecule has 0 radical (unpaired) electrons. The van der Waals surface area contributed by atoms with Crippen LogP contribution in [0, 0.1) is 0 Å². The normalized spacial score (nSPS) is 21.8. The summed E-state index contributed by atoms with van der Waals surface area (Å²) in [6, 6.07) is 4.63. The lowest BCUT2D eigenvalue weighted by atomic mass is 10.2. The van der Waals surface area contributed by atoms with E-state index in [1.165, 1.54) is 17.9 Å². The van der Waals surface area contributed by atoms with Crippen molar-refractivity contribution in [1.82, 2.24) is 4.98 Å². The molecule has 1 fully saturated rings. The molecule has 1 aromatic heterocycles. The lowest BCUT2D eigenvalue weighted by Gasteiger charge is -2.11. The monoisotopic (exact) mass is 258 g/mol. The number of aromatic nitrogens is 1. The Bertz CT molecular complexity index is 269. The second-order valence-electron chi connectivity index (χ2n) is 3.07. The third-order valence-corrected chi connectivity index (χ3v) is 3.64. The van der Waals surface area contributed by atoms with Crippen molar-refractivity contribution < 1.29 is 0 Å². The molecule has 2 heterocycles. The Morgan fingerprint density at radius 2 is 2.46 bits per heavy atom. The number of halogens is 1. The van der Waals surface area contributed by atoms with Crippen molar-refractivity contribution in [1.29, 1.82) is 0 Å². The molecule has 70 valence electrons. The molecular weight excluding hydrogens is 248 g/mol. The largest absolute Gasteiger partial charge is 0.366 e. The highest BCUT2D eigenvalue weighted by atomic mass is 79.9. The van der Waals surface area contributed by atoms with E-state index < -0.39 is 0 Å². The highest BCUT2D eigenvalue weighted by Gasteiger charge is 2.14. The quantitative estimate of drug-likeness (QED) is 0.884. The minimum absolute atomic E-state index is 0.610. The highest BCUT2D eigenvalue weighted by molar-refractivity contribution is 9.10. The minimum Gasteiger partial charge on any atom is -0.366 e. The summed E-state index contributed by atoms with van der Waals surface area (Å²) in [5.74, 6) is 3.46. The molecule has 1 N–H and O–H groups in total. The van der Waals surface area contributed by atoms with Crippen LogP contribution in [0.25, 0.3) is 0 Å². The smallest absolute Gasteiger partial charge is 0.126 e. The molecule has 2 rings (SSSR count). The lowest BCUT2D eigenvalue weighted by molar-refractivity contribution is 0.807. The van der Waals surface area contributed by atoms with Crippen molar-refractivity contribution in [2.75, 3.05) is 16.8 Å². The number of thioether (sulfide) groups is 1. The minimum atomic E-state index is 0.610. The third kappa shape index (κ3) is 2.61. The molecule has 1 aromatic rings. The molecule has 2 nitrogen and oxygen atoms in total. The molecule has 4 heteroatoms. The van der Waals surface area contributed by atoms with Crippen LogP contribution in [0.3, 0.4) is 0 Å². The number of hydrogen-bond donors (Lipinski definition) is 1. The zero-order chi connectivity index (χ0) is 9.10. The summed E-state index contributed by atoms with van der Waals surface area (Å²) < 4.78 is 1.03. The van der Waals surface area contributed by atoms with Crippen LogP contribution in [0.15, 0.2) is 22.8 Å². The molecule has 1 aliphatic rings. The number of hydrogen-bond acceptors (Lipinski definition) is 3. The van der Waals surface area contributed by atoms with E-state index in [9.17, 15) is 0 Å². The standard InChI is InChI=1S/C9H11BrN2S/c10-7-1-2-9(11-5-7)12-8-3-4-13-6-8/h1-2,5,8H,3-4,6H2,(H,11,12). The second-order valence-corrected chi connectivity index (χ2v) is 5.13. The van der Waals surface area contributed by atoms with E-state index in [4.69, 9.17) is 0 Å². The Labute approximate surface area is 90.6 Å². The summed E-state index contributed by atoms with van der Waals surface area (Å²) in [4.78, 5) is 4.27. The van der Waals surface area contributed by atoms with E-state index in [-0.39, 0.29) is 0 Å². The van der Waals surface area contributed by atoms with Gasteiger partial charge in [-0.2, -0.15) is 11.8 Å². The van der Waals surface area contributed by atoms with Gasteiger partial charge in [0, 0.05) is 22.5 Å². The molecule has 1 atom stereocenters. The Balaban J connectivity index is 1.97. The van der Waals surface area contributed by atoms with Crippen LogP contribution in [-0.2, 0) is 0 Å². The number of pyridine rings is 1. The molecule has 0 spiro atoms. The first-order valence-electron chi connectivity index (χ1n) is 4.30. The van der Waals surface area contributed by atoms with Gasteiger partial charge in [0.15, 0.2) is 0 Å². The van der Waals surface area contributed by atoms with Crippen LogP contribution in [0.1, 0.15) is 6.42 Å². The van der Waals surface area contributed by atoms with E-state index in [2.05, 4.69) is 26.2 Å². The van der Waals surface area contributed by atoms with Gasteiger partial charge in [0.25, 0.3) is 0 Å². The van der Waals surface area contributed by atoms with Crippen LogP contribution in [0.2, 0.25) is 0 Å². The van der Waals surface area contributed by atoms with E-state index in [1.54, 1.807) is 0 Å². The topological polar surface area (TPSA) is 24.9 Å². The molecule has 13 heavy (non-hydrogen) atoms. The van der Waals surface area contributed by atoms with E-state index in [0.29, 0.717) is 6.04 Å². The lowest BCUT2D eigenvalue weighted by Crippen LogP contribution is -2.18. The fraction of sp³-hybridized carbons (Fsp3) is 0.444. The van der Waals surface area contributed by atoms with E-state index in [1.807, 2.05) is 30.1 Å². The fourth-order valence-corrected chi connectivity index (χ4v) is 2.71. The van der Waals surface area contributed by atoms with Crippen molar-refractivity contribution in [2.45, 2.75) is 12.5 Å². The second kappa shape index (κ2) is 4.33. The summed E-state index contributed by atoms with van der Waals surface area (Å²) in [7, 11) is 0. The van der Waals surface area contributed by atoms with Crippen LogP contribution >= 0.6 is 27.7 Å². The molecule has 1 saturated heterocycles. The summed E-state index contributed by atoms with van der Waals surface area (Å²) in [6.07, 6.45) is 3.08.